The zero-order valence-electron chi connectivity index (χ0n) is 16.1. The zero-order valence-corrected chi connectivity index (χ0v) is 17.7. The van der Waals surface area contributed by atoms with Gasteiger partial charge < -0.3 is 10.2 Å². The molecule has 0 aliphatic carbocycles. The highest BCUT2D eigenvalue weighted by Crippen LogP contribution is 2.27. The van der Waals surface area contributed by atoms with E-state index < -0.39 is 0 Å². The number of hydrogen-bond acceptors (Lipinski definition) is 3. The lowest BCUT2D eigenvalue weighted by Crippen LogP contribution is -2.44. The highest BCUT2D eigenvalue weighted by Gasteiger charge is 2.25. The molecule has 0 radical (unpaired) electrons. The van der Waals surface area contributed by atoms with Crippen LogP contribution in [0.5, 0.6) is 0 Å². The van der Waals surface area contributed by atoms with Crippen molar-refractivity contribution in [3.63, 3.8) is 0 Å². The Morgan fingerprint density at radius 3 is 2.45 bits per heavy atom. The maximum absolute atomic E-state index is 13.8. The van der Waals surface area contributed by atoms with Crippen LogP contribution in [-0.2, 0) is 0 Å². The number of aromatic nitrogens is 1. The highest BCUT2D eigenvalue weighted by molar-refractivity contribution is 6.07. The molecule has 0 saturated carbocycles. The third kappa shape index (κ3) is 4.86. The molecule has 1 saturated heterocycles. The molecular weight excluding hydrogens is 412 g/mol. The number of nitrogens with zero attached hydrogens (tertiary/aromatic N) is 2. The fourth-order valence-electron chi connectivity index (χ4n) is 3.69. The molecule has 2 heterocycles. The quantitative estimate of drug-likeness (QED) is 0.647. The maximum Gasteiger partial charge on any atom is 0.254 e. The first-order valence-electron chi connectivity index (χ1n) is 9.27. The van der Waals surface area contributed by atoms with Gasteiger partial charge in [0, 0.05) is 30.1 Å². The van der Waals surface area contributed by atoms with E-state index in [2.05, 4.69) is 10.3 Å². The van der Waals surface area contributed by atoms with Crippen LogP contribution in [0, 0.1) is 5.82 Å². The summed E-state index contributed by atoms with van der Waals surface area (Å²) in [6, 6.07) is 16.1. The monoisotopic (exact) mass is 435 g/mol. The molecular formula is C22H24Cl2FN3O. The second-order valence-electron chi connectivity index (χ2n) is 6.98. The Hall–Kier alpha value is -2.21. The Kier molecular flexibility index (Phi) is 7.96. The van der Waals surface area contributed by atoms with Gasteiger partial charge in [-0.1, -0.05) is 30.3 Å². The van der Waals surface area contributed by atoms with Crippen LogP contribution < -0.4 is 5.32 Å². The van der Waals surface area contributed by atoms with Crippen molar-refractivity contribution in [1.82, 2.24) is 15.2 Å². The second-order valence-corrected chi connectivity index (χ2v) is 6.98. The van der Waals surface area contributed by atoms with Crippen molar-refractivity contribution in [3.05, 3.63) is 66.0 Å². The van der Waals surface area contributed by atoms with Gasteiger partial charge in [0.15, 0.2) is 0 Å². The van der Waals surface area contributed by atoms with Crippen LogP contribution in [0.2, 0.25) is 0 Å². The number of halogens is 3. The molecule has 1 aliphatic rings. The van der Waals surface area contributed by atoms with Crippen molar-refractivity contribution < 1.29 is 9.18 Å². The van der Waals surface area contributed by atoms with Crippen molar-refractivity contribution in [2.24, 2.45) is 0 Å². The highest BCUT2D eigenvalue weighted by atomic mass is 35.5. The Bertz CT molecular complexity index is 978. The average molecular weight is 436 g/mol. The van der Waals surface area contributed by atoms with E-state index in [0.29, 0.717) is 22.2 Å². The Balaban J connectivity index is 0.00000150. The molecule has 2 aromatic carbocycles. The van der Waals surface area contributed by atoms with E-state index in [9.17, 15) is 9.18 Å². The molecule has 154 valence electrons. The summed E-state index contributed by atoms with van der Waals surface area (Å²) in [4.78, 5) is 19.7. The van der Waals surface area contributed by atoms with Crippen LogP contribution in [0.3, 0.4) is 0 Å². The molecule has 1 N–H and O–H groups in total. The lowest BCUT2D eigenvalue weighted by molar-refractivity contribution is 0.0705. The van der Waals surface area contributed by atoms with Gasteiger partial charge in [-0.3, -0.25) is 4.79 Å². The third-order valence-electron chi connectivity index (χ3n) is 5.25. The Labute approximate surface area is 182 Å². The summed E-state index contributed by atoms with van der Waals surface area (Å²) >= 11 is 0. The summed E-state index contributed by atoms with van der Waals surface area (Å²) in [7, 11) is 1.86. The van der Waals surface area contributed by atoms with Gasteiger partial charge in [-0.15, -0.1) is 24.8 Å². The van der Waals surface area contributed by atoms with E-state index >= 15 is 0 Å². The van der Waals surface area contributed by atoms with Gasteiger partial charge >= 0.3 is 0 Å². The van der Waals surface area contributed by atoms with Crippen LogP contribution in [0.1, 0.15) is 23.2 Å². The predicted octanol–water partition coefficient (Wildman–Crippen LogP) is 4.71. The van der Waals surface area contributed by atoms with E-state index in [4.69, 9.17) is 0 Å². The van der Waals surface area contributed by atoms with Crippen LogP contribution in [-0.4, -0.2) is 42.0 Å². The summed E-state index contributed by atoms with van der Waals surface area (Å²) in [5.74, 6) is -0.400. The topological polar surface area (TPSA) is 45.2 Å². The molecule has 3 aromatic rings. The van der Waals surface area contributed by atoms with E-state index in [0.717, 1.165) is 31.5 Å². The van der Waals surface area contributed by atoms with Crippen molar-refractivity contribution in [3.8, 4) is 11.3 Å². The van der Waals surface area contributed by atoms with Crippen LogP contribution in [0.25, 0.3) is 22.2 Å². The van der Waals surface area contributed by atoms with Crippen molar-refractivity contribution in [2.45, 2.75) is 18.9 Å². The summed E-state index contributed by atoms with van der Waals surface area (Å²) in [5.41, 5.74) is 2.65. The molecule has 0 spiro atoms. The second kappa shape index (κ2) is 10.0. The van der Waals surface area contributed by atoms with Crippen molar-refractivity contribution >= 4 is 41.6 Å². The third-order valence-corrected chi connectivity index (χ3v) is 5.25. The smallest absolute Gasteiger partial charge is 0.254 e. The van der Waals surface area contributed by atoms with Gasteiger partial charge in [0.2, 0.25) is 0 Å². The fraction of sp³-hybridized carbons (Fsp3) is 0.273. The van der Waals surface area contributed by atoms with Crippen LogP contribution >= 0.6 is 24.8 Å². The minimum absolute atomic E-state index is 0. The molecule has 1 aliphatic heterocycles. The van der Waals surface area contributed by atoms with Gasteiger partial charge in [0.25, 0.3) is 5.91 Å². The number of carbonyl (C=O) groups excluding carboxylic acids is 1. The molecule has 4 nitrogen and oxygen atoms in total. The van der Waals surface area contributed by atoms with E-state index in [1.165, 1.54) is 12.1 Å². The predicted molar refractivity (Wildman–Crippen MR) is 120 cm³/mol. The van der Waals surface area contributed by atoms with Gasteiger partial charge in [-0.25, -0.2) is 9.37 Å². The van der Waals surface area contributed by atoms with E-state index in [1.54, 1.807) is 6.07 Å². The molecule has 4 rings (SSSR count). The number of rotatable bonds is 3. The van der Waals surface area contributed by atoms with Crippen molar-refractivity contribution in [2.75, 3.05) is 20.1 Å². The lowest BCUT2D eigenvalue weighted by atomic mass is 10.0. The number of pyridine rings is 1. The number of amides is 1. The summed E-state index contributed by atoms with van der Waals surface area (Å²) in [6.45, 7) is 1.83. The Morgan fingerprint density at radius 1 is 1.07 bits per heavy atom. The maximum atomic E-state index is 13.8. The van der Waals surface area contributed by atoms with E-state index in [1.807, 2.05) is 48.3 Å². The SMILES string of the molecule is CN(C(=O)c1cc(-c2ccccc2)nc2cc(F)ccc12)C1CCNCC1.Cl.Cl. The number of carbonyl (C=O) groups is 1. The lowest BCUT2D eigenvalue weighted by Gasteiger charge is -2.32. The molecule has 7 heteroatoms. The normalized spacial score (nSPS) is 14.0. The number of fused-ring (bicyclic) bond motifs is 1. The summed E-state index contributed by atoms with van der Waals surface area (Å²) in [5, 5.41) is 4.01. The number of hydrogen-bond donors (Lipinski definition) is 1. The molecule has 1 fully saturated rings. The molecule has 0 unspecified atom stereocenters. The molecule has 1 aromatic heterocycles. The minimum atomic E-state index is -0.356. The van der Waals surface area contributed by atoms with E-state index in [-0.39, 0.29) is 42.6 Å². The average Bonchev–Trinajstić information content (AvgIpc) is 2.73. The van der Waals surface area contributed by atoms with Gasteiger partial charge in [0.05, 0.1) is 16.8 Å². The minimum Gasteiger partial charge on any atom is -0.339 e. The fourth-order valence-corrected chi connectivity index (χ4v) is 3.69. The van der Waals surface area contributed by atoms with Crippen LogP contribution in [0.4, 0.5) is 4.39 Å². The molecule has 0 bridgehead atoms. The molecule has 1 amide bonds. The number of piperidine rings is 1. The largest absolute Gasteiger partial charge is 0.339 e. The first kappa shape index (κ1) is 23.1. The van der Waals surface area contributed by atoms with Crippen LogP contribution in [0.15, 0.2) is 54.6 Å². The van der Waals surface area contributed by atoms with Gasteiger partial charge in [0.1, 0.15) is 5.82 Å². The summed E-state index contributed by atoms with van der Waals surface area (Å²) < 4.78 is 13.8. The van der Waals surface area contributed by atoms with Crippen molar-refractivity contribution in [1.29, 1.82) is 0 Å². The number of nitrogens with one attached hydrogen (secondary N) is 1. The van der Waals surface area contributed by atoms with Gasteiger partial charge in [-0.05, 0) is 44.1 Å². The first-order chi connectivity index (χ1) is 13.1. The zero-order chi connectivity index (χ0) is 18.8. The van der Waals surface area contributed by atoms with Gasteiger partial charge in [-0.2, -0.15) is 0 Å². The number of benzene rings is 2. The summed E-state index contributed by atoms with van der Waals surface area (Å²) in [6.07, 6.45) is 1.87. The molecule has 29 heavy (non-hydrogen) atoms. The standard InChI is InChI=1S/C22H22FN3O.2ClH/c1-26(17-9-11-24-12-10-17)22(27)19-14-20(15-5-3-2-4-6-15)25-21-13-16(23)7-8-18(19)21;;/h2-8,13-14,17,24H,9-12H2,1H3;2*1H. The first-order valence-corrected chi connectivity index (χ1v) is 9.27. The Morgan fingerprint density at radius 2 is 1.76 bits per heavy atom. The molecule has 0 atom stereocenters.